The van der Waals surface area contributed by atoms with Crippen LogP contribution in [-0.2, 0) is 16.2 Å². The Morgan fingerprint density at radius 1 is 1.00 bits per heavy atom. The van der Waals surface area contributed by atoms with Gasteiger partial charge < -0.3 is 9.47 Å². The number of rotatable bonds is 6. The summed E-state index contributed by atoms with van der Waals surface area (Å²) >= 11 is 11.2. The first-order chi connectivity index (χ1) is 16.0. The molecule has 0 bridgehead atoms. The van der Waals surface area contributed by atoms with Crippen LogP contribution < -0.4 is 19.7 Å². The molecule has 6 nitrogen and oxygen atoms in total. The van der Waals surface area contributed by atoms with E-state index >= 15 is 0 Å². The van der Waals surface area contributed by atoms with Crippen LogP contribution in [-0.4, -0.2) is 24.0 Å². The van der Waals surface area contributed by atoms with Gasteiger partial charge >= 0.3 is 0 Å². The van der Waals surface area contributed by atoms with E-state index in [1.54, 1.807) is 42.5 Å². The maximum atomic E-state index is 13.1. The van der Waals surface area contributed by atoms with Gasteiger partial charge in [0.05, 0.1) is 12.8 Å². The van der Waals surface area contributed by atoms with Crippen LogP contribution in [0, 0.1) is 0 Å². The van der Waals surface area contributed by atoms with Gasteiger partial charge in [-0.1, -0.05) is 48.0 Å². The molecule has 0 atom stereocenters. The molecule has 3 aromatic carbocycles. The molecule has 1 fully saturated rings. The number of anilines is 1. The minimum atomic E-state index is -0.571. The first-order valence-corrected chi connectivity index (χ1v) is 10.8. The van der Waals surface area contributed by atoms with Crippen LogP contribution in [0.4, 0.5) is 5.69 Å². The minimum absolute atomic E-state index is 0.00622. The van der Waals surface area contributed by atoms with E-state index in [9.17, 15) is 9.59 Å². The highest BCUT2D eigenvalue weighted by molar-refractivity contribution is 7.80. The number of carbonyl (C=O) groups excluding carboxylic acids is 2. The summed E-state index contributed by atoms with van der Waals surface area (Å²) in [6, 6.07) is 21.5. The molecule has 0 saturated carbocycles. The van der Waals surface area contributed by atoms with Crippen molar-refractivity contribution in [3.8, 4) is 11.5 Å². The molecule has 2 amide bonds. The molecule has 33 heavy (non-hydrogen) atoms. The van der Waals surface area contributed by atoms with E-state index in [-0.39, 0.29) is 10.7 Å². The molecular weight excluding hydrogens is 460 g/mol. The molecule has 4 rings (SSSR count). The van der Waals surface area contributed by atoms with Gasteiger partial charge in [-0.2, -0.15) is 0 Å². The van der Waals surface area contributed by atoms with Gasteiger partial charge in [0.25, 0.3) is 11.8 Å². The second-order valence-corrected chi connectivity index (χ2v) is 7.94. The maximum absolute atomic E-state index is 13.1. The second kappa shape index (κ2) is 9.85. The van der Waals surface area contributed by atoms with Crippen LogP contribution >= 0.6 is 23.8 Å². The summed E-state index contributed by atoms with van der Waals surface area (Å²) in [6.07, 6.45) is 1.49. The fourth-order valence-corrected chi connectivity index (χ4v) is 3.68. The molecule has 166 valence electrons. The monoisotopic (exact) mass is 478 g/mol. The molecule has 0 spiro atoms. The van der Waals surface area contributed by atoms with Crippen LogP contribution in [0.5, 0.6) is 11.5 Å². The molecule has 0 aromatic heterocycles. The molecule has 0 unspecified atom stereocenters. The standard InChI is InChI=1S/C25H19ClN2O4S/c1-31-22-14-17(7-12-21(22)32-15-16-5-3-2-4-6-16)13-20-23(29)27-25(33)28(24(20)30)19-10-8-18(26)9-11-19/h2-14H,15H2,1H3,(H,27,29,33)/b20-13-. The Bertz CT molecular complexity index is 1240. The van der Waals surface area contributed by atoms with Crippen molar-refractivity contribution in [1.82, 2.24) is 5.32 Å². The van der Waals surface area contributed by atoms with Gasteiger partial charge in [-0.25, -0.2) is 0 Å². The zero-order valence-corrected chi connectivity index (χ0v) is 19.2. The Morgan fingerprint density at radius 2 is 1.73 bits per heavy atom. The van der Waals surface area contributed by atoms with E-state index in [0.717, 1.165) is 5.56 Å². The molecule has 1 heterocycles. The molecule has 1 N–H and O–H groups in total. The maximum Gasteiger partial charge on any atom is 0.270 e. The van der Waals surface area contributed by atoms with Crippen LogP contribution in [0.1, 0.15) is 11.1 Å². The highest BCUT2D eigenvalue weighted by atomic mass is 35.5. The molecule has 1 aliphatic heterocycles. The predicted molar refractivity (Wildman–Crippen MR) is 131 cm³/mol. The fraction of sp³-hybridized carbons (Fsp3) is 0.0800. The number of halogens is 1. The first kappa shape index (κ1) is 22.5. The number of amides is 2. The smallest absolute Gasteiger partial charge is 0.270 e. The Hall–Kier alpha value is -3.68. The first-order valence-electron chi connectivity index (χ1n) is 9.98. The van der Waals surface area contributed by atoms with Crippen LogP contribution in [0.25, 0.3) is 6.08 Å². The number of thiocarbonyl (C=S) groups is 1. The number of ether oxygens (including phenoxy) is 2. The third-order valence-electron chi connectivity index (χ3n) is 4.92. The number of hydrogen-bond donors (Lipinski definition) is 1. The molecule has 3 aromatic rings. The van der Waals surface area contributed by atoms with E-state index in [0.29, 0.717) is 34.4 Å². The van der Waals surface area contributed by atoms with Crippen molar-refractivity contribution in [3.63, 3.8) is 0 Å². The highest BCUT2D eigenvalue weighted by Crippen LogP contribution is 2.30. The molecule has 1 aliphatic rings. The lowest BCUT2D eigenvalue weighted by Crippen LogP contribution is -2.54. The SMILES string of the molecule is COc1cc(/C=C2/C(=O)NC(=S)N(c3ccc(Cl)cc3)C2=O)ccc1OCc1ccccc1. The van der Waals surface area contributed by atoms with Crippen molar-refractivity contribution >= 4 is 52.5 Å². The Morgan fingerprint density at radius 3 is 2.42 bits per heavy atom. The second-order valence-electron chi connectivity index (χ2n) is 7.12. The van der Waals surface area contributed by atoms with Crippen molar-refractivity contribution in [1.29, 1.82) is 0 Å². The lowest BCUT2D eigenvalue weighted by molar-refractivity contribution is -0.122. The van der Waals surface area contributed by atoms with Gasteiger partial charge in [0.15, 0.2) is 16.6 Å². The lowest BCUT2D eigenvalue weighted by Gasteiger charge is -2.29. The summed E-state index contributed by atoms with van der Waals surface area (Å²) in [7, 11) is 1.53. The van der Waals surface area contributed by atoms with Crippen molar-refractivity contribution in [2.24, 2.45) is 0 Å². The fourth-order valence-electron chi connectivity index (χ4n) is 3.28. The normalized spacial score (nSPS) is 14.9. The Kier molecular flexibility index (Phi) is 6.72. The van der Waals surface area contributed by atoms with Gasteiger partial charge in [-0.05, 0) is 65.8 Å². The van der Waals surface area contributed by atoms with Crippen molar-refractivity contribution in [2.75, 3.05) is 12.0 Å². The zero-order chi connectivity index (χ0) is 23.4. The average molecular weight is 479 g/mol. The van der Waals surface area contributed by atoms with Gasteiger partial charge in [-0.15, -0.1) is 0 Å². The number of nitrogens with one attached hydrogen (secondary N) is 1. The van der Waals surface area contributed by atoms with Crippen molar-refractivity contribution < 1.29 is 19.1 Å². The topological polar surface area (TPSA) is 67.9 Å². The summed E-state index contributed by atoms with van der Waals surface area (Å²) in [6.45, 7) is 0.381. The molecule has 0 radical (unpaired) electrons. The summed E-state index contributed by atoms with van der Waals surface area (Å²) in [5, 5.41) is 3.09. The summed E-state index contributed by atoms with van der Waals surface area (Å²) in [4.78, 5) is 26.9. The number of hydrogen-bond acceptors (Lipinski definition) is 5. The van der Waals surface area contributed by atoms with Crippen LogP contribution in [0.2, 0.25) is 5.02 Å². The molecular formula is C25H19ClN2O4S. The molecule has 0 aliphatic carbocycles. The number of nitrogens with zero attached hydrogens (tertiary/aromatic N) is 1. The number of carbonyl (C=O) groups is 2. The quantitative estimate of drug-likeness (QED) is 0.314. The van der Waals surface area contributed by atoms with Gasteiger partial charge in [0.2, 0.25) is 0 Å². The Balaban J connectivity index is 1.60. The summed E-state index contributed by atoms with van der Waals surface area (Å²) in [5.41, 5.74) is 2.07. The van der Waals surface area contributed by atoms with E-state index in [2.05, 4.69) is 5.32 Å². The lowest BCUT2D eigenvalue weighted by atomic mass is 10.1. The van der Waals surface area contributed by atoms with Crippen molar-refractivity contribution in [2.45, 2.75) is 6.61 Å². The molecule has 1 saturated heterocycles. The van der Waals surface area contributed by atoms with Gasteiger partial charge in [0.1, 0.15) is 12.2 Å². The van der Waals surface area contributed by atoms with E-state index < -0.39 is 11.8 Å². The zero-order valence-electron chi connectivity index (χ0n) is 17.6. The summed E-state index contributed by atoms with van der Waals surface area (Å²) < 4.78 is 11.3. The van der Waals surface area contributed by atoms with Crippen LogP contribution in [0.15, 0.2) is 78.4 Å². The third kappa shape index (κ3) is 5.05. The van der Waals surface area contributed by atoms with Crippen LogP contribution in [0.3, 0.4) is 0 Å². The minimum Gasteiger partial charge on any atom is -0.493 e. The average Bonchev–Trinajstić information content (AvgIpc) is 2.82. The highest BCUT2D eigenvalue weighted by Gasteiger charge is 2.34. The summed E-state index contributed by atoms with van der Waals surface area (Å²) in [5.74, 6) is -0.0750. The largest absolute Gasteiger partial charge is 0.493 e. The van der Waals surface area contributed by atoms with Gasteiger partial charge in [-0.3, -0.25) is 19.8 Å². The number of benzene rings is 3. The van der Waals surface area contributed by atoms with E-state index in [4.69, 9.17) is 33.3 Å². The number of methoxy groups -OCH3 is 1. The van der Waals surface area contributed by atoms with Crippen molar-refractivity contribution in [3.05, 3.63) is 94.5 Å². The van der Waals surface area contributed by atoms with E-state index in [1.807, 2.05) is 30.3 Å². The third-order valence-corrected chi connectivity index (χ3v) is 5.46. The van der Waals surface area contributed by atoms with Gasteiger partial charge in [0, 0.05) is 5.02 Å². The Labute approximate surface area is 201 Å². The van der Waals surface area contributed by atoms with E-state index in [1.165, 1.54) is 18.1 Å². The molecule has 8 heteroatoms. The predicted octanol–water partition coefficient (Wildman–Crippen LogP) is 4.76.